The second kappa shape index (κ2) is 9.72. The standard InChI is InChI=1S/C36H42N2O7/c1-33-9-7-23(40)14-22(33)4-5-24-26-15-30-36(29(42)19-39,34(26,2)16-28(41)31(24)33)45-32(44-30)21-8-12-38(18-21)17-20-3-6-25(27(37)13-20)35(43)10-11-35/h3,6-9,12-14,18,24,26,28,30-32,39,41,43H,4-5,10-11,15-17,19,37H2,1-2H3/t24-,26-,28-,30+,31+,32+,33-,34-,36+/m0/s1. The van der Waals surface area contributed by atoms with Crippen LogP contribution in [0, 0.1) is 28.6 Å². The zero-order valence-corrected chi connectivity index (χ0v) is 25.8. The predicted octanol–water partition coefficient (Wildman–Crippen LogP) is 3.70. The molecule has 1 saturated heterocycles. The van der Waals surface area contributed by atoms with Gasteiger partial charge in [0.25, 0.3) is 0 Å². The molecular formula is C36H42N2O7. The van der Waals surface area contributed by atoms with Gasteiger partial charge in [-0.3, -0.25) is 9.59 Å². The number of hydrogen-bond acceptors (Lipinski definition) is 8. The molecular weight excluding hydrogens is 572 g/mol. The Kier molecular flexibility index (Phi) is 6.33. The summed E-state index contributed by atoms with van der Waals surface area (Å²) in [5, 5.41) is 32.6. The number of Topliss-reactive ketones (excluding diaryl/α,β-unsaturated/α-hetero) is 1. The Morgan fingerprint density at radius 1 is 1.20 bits per heavy atom. The predicted molar refractivity (Wildman–Crippen MR) is 164 cm³/mol. The van der Waals surface area contributed by atoms with Crippen molar-refractivity contribution in [2.45, 2.75) is 88.6 Å². The number of fused-ring (bicyclic) bond motifs is 7. The molecule has 9 nitrogen and oxygen atoms in total. The number of aromatic nitrogens is 1. The second-order valence-electron chi connectivity index (χ2n) is 14.9. The highest BCUT2D eigenvalue weighted by Gasteiger charge is 2.75. The molecule has 0 amide bonds. The molecule has 6 aliphatic rings. The van der Waals surface area contributed by atoms with E-state index in [4.69, 9.17) is 15.2 Å². The van der Waals surface area contributed by atoms with E-state index in [9.17, 15) is 24.9 Å². The van der Waals surface area contributed by atoms with Crippen molar-refractivity contribution in [1.29, 1.82) is 0 Å². The summed E-state index contributed by atoms with van der Waals surface area (Å²) in [5.74, 6) is -0.331. The molecule has 9 heteroatoms. The summed E-state index contributed by atoms with van der Waals surface area (Å²) in [6.45, 7) is 4.06. The maximum atomic E-state index is 13.8. The molecule has 238 valence electrons. The average Bonchev–Trinajstić information content (AvgIpc) is 3.31. The Bertz CT molecular complexity index is 1660. The van der Waals surface area contributed by atoms with Crippen LogP contribution < -0.4 is 5.73 Å². The number of nitrogen functional groups attached to an aromatic ring is 1. The third-order valence-corrected chi connectivity index (χ3v) is 12.5. The van der Waals surface area contributed by atoms with E-state index in [1.807, 2.05) is 54.2 Å². The number of ketones is 2. The fraction of sp³-hybridized carbons (Fsp3) is 0.556. The van der Waals surface area contributed by atoms with Crippen LogP contribution in [0.4, 0.5) is 5.69 Å². The SMILES string of the molecule is C[C@]12C=CC(=O)C=C1CC[C@@H]1[C@@H]2[C@@H](O)C[C@@]2(C)[C@H]1C[C@H]1O[C@@H](c3ccn(Cc4ccc(C5(O)CC5)c(N)c4)c3)O[C@]12C(=O)CO. The maximum absolute atomic E-state index is 13.8. The van der Waals surface area contributed by atoms with Gasteiger partial charge in [0, 0.05) is 52.5 Å². The van der Waals surface area contributed by atoms with Gasteiger partial charge in [-0.2, -0.15) is 0 Å². The number of rotatable bonds is 6. The van der Waals surface area contributed by atoms with Crippen LogP contribution in [0.5, 0.6) is 0 Å². The largest absolute Gasteiger partial charge is 0.398 e. The Hall–Kier alpha value is -3.08. The first-order chi connectivity index (χ1) is 21.4. The highest BCUT2D eigenvalue weighted by molar-refractivity contribution is 6.01. The maximum Gasteiger partial charge on any atom is 0.193 e. The molecule has 0 unspecified atom stereocenters. The summed E-state index contributed by atoms with van der Waals surface area (Å²) in [5.41, 5.74) is 7.18. The first kappa shape index (κ1) is 29.3. The van der Waals surface area contributed by atoms with Gasteiger partial charge in [0.1, 0.15) is 6.61 Å². The molecule has 0 radical (unpaired) electrons. The van der Waals surface area contributed by atoms with Gasteiger partial charge < -0.3 is 35.1 Å². The monoisotopic (exact) mass is 614 g/mol. The van der Waals surface area contributed by atoms with E-state index in [0.717, 1.165) is 47.9 Å². The molecule has 4 saturated carbocycles. The van der Waals surface area contributed by atoms with Gasteiger partial charge in [-0.05, 0) is 80.2 Å². The van der Waals surface area contributed by atoms with Crippen LogP contribution in [0.1, 0.15) is 75.4 Å². The van der Waals surface area contributed by atoms with Crippen LogP contribution in [0.25, 0.3) is 0 Å². The Morgan fingerprint density at radius 3 is 2.73 bits per heavy atom. The van der Waals surface area contributed by atoms with Crippen molar-refractivity contribution in [3.8, 4) is 0 Å². The van der Waals surface area contributed by atoms with Gasteiger partial charge in [0.15, 0.2) is 23.5 Å². The van der Waals surface area contributed by atoms with Gasteiger partial charge >= 0.3 is 0 Å². The molecule has 0 bridgehead atoms. The number of ether oxygens (including phenoxy) is 2. The zero-order valence-electron chi connectivity index (χ0n) is 25.8. The number of nitrogens with zero attached hydrogens (tertiary/aromatic N) is 1. The van der Waals surface area contributed by atoms with Crippen LogP contribution >= 0.6 is 0 Å². The third kappa shape index (κ3) is 4.04. The van der Waals surface area contributed by atoms with Crippen molar-refractivity contribution in [2.75, 3.05) is 12.3 Å². The molecule has 5 aliphatic carbocycles. The van der Waals surface area contributed by atoms with Crippen LogP contribution in [0.15, 0.2) is 60.5 Å². The molecule has 1 aliphatic heterocycles. The topological polar surface area (TPSA) is 144 Å². The number of aliphatic hydroxyl groups excluding tert-OH is 2. The summed E-state index contributed by atoms with van der Waals surface area (Å²) in [6.07, 6.45) is 11.2. The van der Waals surface area contributed by atoms with E-state index in [0.29, 0.717) is 25.1 Å². The number of nitrogens with two attached hydrogens (primary N) is 1. The van der Waals surface area contributed by atoms with Crippen LogP contribution in [-0.2, 0) is 31.2 Å². The lowest BCUT2D eigenvalue weighted by Gasteiger charge is -2.59. The fourth-order valence-corrected chi connectivity index (χ4v) is 10.3. The minimum atomic E-state index is -1.38. The van der Waals surface area contributed by atoms with Crippen molar-refractivity contribution in [1.82, 2.24) is 4.57 Å². The Balaban J connectivity index is 1.06. The van der Waals surface area contributed by atoms with Crippen molar-refractivity contribution < 1.29 is 34.4 Å². The van der Waals surface area contributed by atoms with Crippen molar-refractivity contribution >= 4 is 17.3 Å². The summed E-state index contributed by atoms with van der Waals surface area (Å²) in [4.78, 5) is 26.0. The van der Waals surface area contributed by atoms with Gasteiger partial charge in [0.05, 0.1) is 17.8 Å². The van der Waals surface area contributed by atoms with Crippen molar-refractivity contribution in [2.24, 2.45) is 28.6 Å². The number of carbonyl (C=O) groups excluding carboxylic acids is 2. The fourth-order valence-electron chi connectivity index (χ4n) is 10.3. The number of benzene rings is 1. The van der Waals surface area contributed by atoms with Gasteiger partial charge in [-0.15, -0.1) is 0 Å². The molecule has 2 aromatic rings. The molecule has 9 atom stereocenters. The molecule has 1 aromatic carbocycles. The summed E-state index contributed by atoms with van der Waals surface area (Å²) in [7, 11) is 0. The number of carbonyl (C=O) groups is 2. The molecule has 2 heterocycles. The highest BCUT2D eigenvalue weighted by Crippen LogP contribution is 2.70. The average molecular weight is 615 g/mol. The van der Waals surface area contributed by atoms with Crippen LogP contribution in [0.3, 0.4) is 0 Å². The van der Waals surface area contributed by atoms with E-state index in [2.05, 4.69) is 6.92 Å². The van der Waals surface area contributed by atoms with E-state index >= 15 is 0 Å². The lowest BCUT2D eigenvalue weighted by molar-refractivity contribution is -0.201. The first-order valence-electron chi connectivity index (χ1n) is 16.3. The number of aliphatic hydroxyl groups is 3. The molecule has 8 rings (SSSR count). The van der Waals surface area contributed by atoms with E-state index < -0.39 is 52.9 Å². The van der Waals surface area contributed by atoms with E-state index in [1.165, 1.54) is 0 Å². The summed E-state index contributed by atoms with van der Waals surface area (Å²) >= 11 is 0. The lowest BCUT2D eigenvalue weighted by Crippen LogP contribution is -2.63. The number of hydrogen-bond donors (Lipinski definition) is 4. The zero-order chi connectivity index (χ0) is 31.5. The minimum absolute atomic E-state index is 0.00384. The van der Waals surface area contributed by atoms with Crippen molar-refractivity contribution in [3.63, 3.8) is 0 Å². The third-order valence-electron chi connectivity index (χ3n) is 12.5. The first-order valence-corrected chi connectivity index (χ1v) is 16.3. The Labute approximate surface area is 262 Å². The van der Waals surface area contributed by atoms with Crippen LogP contribution in [-0.4, -0.2) is 55.9 Å². The molecule has 1 aromatic heterocycles. The number of anilines is 1. The molecule has 45 heavy (non-hydrogen) atoms. The quantitative estimate of drug-likeness (QED) is 0.361. The molecule has 0 spiro atoms. The van der Waals surface area contributed by atoms with Crippen molar-refractivity contribution in [3.05, 3.63) is 77.2 Å². The van der Waals surface area contributed by atoms with Crippen LogP contribution in [0.2, 0.25) is 0 Å². The minimum Gasteiger partial charge on any atom is -0.398 e. The summed E-state index contributed by atoms with van der Waals surface area (Å²) in [6, 6.07) is 7.72. The molecule has 5 N–H and O–H groups in total. The second-order valence-corrected chi connectivity index (χ2v) is 14.9. The summed E-state index contributed by atoms with van der Waals surface area (Å²) < 4.78 is 15.3. The molecule has 5 fully saturated rings. The number of allylic oxidation sites excluding steroid dienone is 4. The van der Waals surface area contributed by atoms with Gasteiger partial charge in [-0.25, -0.2) is 0 Å². The van der Waals surface area contributed by atoms with Gasteiger partial charge in [-0.1, -0.05) is 37.6 Å². The van der Waals surface area contributed by atoms with E-state index in [-0.39, 0.29) is 23.5 Å². The normalized spacial score (nSPS) is 40.7. The van der Waals surface area contributed by atoms with Gasteiger partial charge in [0.2, 0.25) is 0 Å². The lowest BCUT2D eigenvalue weighted by atomic mass is 9.46. The Morgan fingerprint density at radius 2 is 2.00 bits per heavy atom. The smallest absolute Gasteiger partial charge is 0.193 e. The van der Waals surface area contributed by atoms with E-state index in [1.54, 1.807) is 12.2 Å². The highest BCUT2D eigenvalue weighted by atomic mass is 16.7.